The summed E-state index contributed by atoms with van der Waals surface area (Å²) in [5.74, 6) is -7.90. The van der Waals surface area contributed by atoms with Crippen LogP contribution < -0.4 is 10.1 Å². The van der Waals surface area contributed by atoms with Crippen LogP contribution in [0.1, 0.15) is 12.5 Å². The molecule has 1 amide bonds. The first-order valence-electron chi connectivity index (χ1n) is 8.82. The van der Waals surface area contributed by atoms with Crippen molar-refractivity contribution in [1.29, 1.82) is 0 Å². The van der Waals surface area contributed by atoms with Gasteiger partial charge in [-0.05, 0) is 44.3 Å². The van der Waals surface area contributed by atoms with Gasteiger partial charge >= 0.3 is 11.9 Å². The van der Waals surface area contributed by atoms with Crippen molar-refractivity contribution in [1.82, 2.24) is 4.90 Å². The van der Waals surface area contributed by atoms with Gasteiger partial charge in [0, 0.05) is 16.6 Å². The molecular weight excluding hydrogens is 501 g/mol. The molecule has 0 spiro atoms. The number of rotatable bonds is 6. The summed E-state index contributed by atoms with van der Waals surface area (Å²) in [4.78, 5) is 32.3. The van der Waals surface area contributed by atoms with Crippen molar-refractivity contribution in [2.75, 3.05) is 19.5 Å². The minimum absolute atomic E-state index is 0.386. The molecular formula is C20H20BrF3N2O6. The number of amides is 1. The lowest BCUT2D eigenvalue weighted by molar-refractivity contribution is -0.159. The number of carbonyl (C=O) groups is 3. The number of nitrogens with zero attached hydrogens (tertiary/aromatic N) is 1. The molecule has 174 valence electrons. The van der Waals surface area contributed by atoms with Gasteiger partial charge in [-0.1, -0.05) is 15.9 Å². The van der Waals surface area contributed by atoms with E-state index in [1.165, 1.54) is 0 Å². The van der Waals surface area contributed by atoms with Gasteiger partial charge in [-0.3, -0.25) is 9.69 Å². The molecule has 0 aliphatic rings. The molecule has 1 unspecified atom stereocenters. The third kappa shape index (κ3) is 7.54. The van der Waals surface area contributed by atoms with E-state index in [9.17, 15) is 18.0 Å². The van der Waals surface area contributed by atoms with E-state index in [0.717, 1.165) is 22.2 Å². The molecule has 0 radical (unpaired) electrons. The third-order valence-electron chi connectivity index (χ3n) is 4.18. The fraction of sp³-hybridized carbons (Fsp3) is 0.250. The molecule has 0 aliphatic heterocycles. The second kappa shape index (κ2) is 12.1. The van der Waals surface area contributed by atoms with Crippen LogP contribution in [-0.2, 0) is 20.9 Å². The first kappa shape index (κ1) is 26.9. The highest BCUT2D eigenvalue weighted by Gasteiger charge is 2.22. The summed E-state index contributed by atoms with van der Waals surface area (Å²) in [5.41, 5.74) is 0.442. The van der Waals surface area contributed by atoms with E-state index in [4.69, 9.17) is 24.5 Å². The predicted molar refractivity (Wildman–Crippen MR) is 112 cm³/mol. The lowest BCUT2D eigenvalue weighted by Gasteiger charge is -2.25. The number of likely N-dealkylation sites (N-methyl/N-ethyl adjacent to an activating group) is 1. The number of hydrogen-bond donors (Lipinski definition) is 3. The van der Waals surface area contributed by atoms with E-state index < -0.39 is 47.0 Å². The summed E-state index contributed by atoms with van der Waals surface area (Å²) in [6, 6.07) is 6.59. The van der Waals surface area contributed by atoms with Crippen LogP contribution in [0.15, 0.2) is 34.8 Å². The maximum atomic E-state index is 13.7. The van der Waals surface area contributed by atoms with Crippen LogP contribution in [0.5, 0.6) is 5.75 Å². The smallest absolute Gasteiger partial charge is 0.414 e. The molecule has 0 fully saturated rings. The normalized spacial score (nSPS) is 11.2. The highest BCUT2D eigenvalue weighted by atomic mass is 79.9. The second-order valence-electron chi connectivity index (χ2n) is 6.37. The fourth-order valence-electron chi connectivity index (χ4n) is 2.34. The monoisotopic (exact) mass is 520 g/mol. The van der Waals surface area contributed by atoms with E-state index in [0.29, 0.717) is 12.3 Å². The van der Waals surface area contributed by atoms with Gasteiger partial charge in [-0.2, -0.15) is 0 Å². The molecule has 12 heteroatoms. The number of hydrogen-bond acceptors (Lipinski definition) is 5. The van der Waals surface area contributed by atoms with Crippen molar-refractivity contribution in [3.8, 4) is 5.75 Å². The van der Waals surface area contributed by atoms with Crippen molar-refractivity contribution in [3.63, 3.8) is 0 Å². The summed E-state index contributed by atoms with van der Waals surface area (Å²) in [5, 5.41) is 17.1. The van der Waals surface area contributed by atoms with Crippen LogP contribution in [-0.4, -0.2) is 53.2 Å². The molecule has 2 rings (SSSR count). The zero-order valence-corrected chi connectivity index (χ0v) is 18.7. The van der Waals surface area contributed by atoms with Crippen LogP contribution in [0, 0.1) is 17.5 Å². The topological polar surface area (TPSA) is 116 Å². The Kier molecular flexibility index (Phi) is 10.1. The van der Waals surface area contributed by atoms with Gasteiger partial charge in [0.2, 0.25) is 5.91 Å². The SMILES string of the molecule is COc1ccc(Br)cc1CN(C)C(C)C(=O)Nc1ccc(F)c(F)c1F.O=C(O)C(=O)O. The summed E-state index contributed by atoms with van der Waals surface area (Å²) >= 11 is 3.39. The number of methoxy groups -OCH3 is 1. The lowest BCUT2D eigenvalue weighted by Crippen LogP contribution is -2.39. The standard InChI is InChI=1S/C18H18BrF3N2O2.C2H2O4/c1-10(18(25)23-14-6-5-13(20)16(21)17(14)22)24(2)9-11-8-12(19)4-7-15(11)26-3;3-1(4)2(5)6/h4-8,10H,9H2,1-3H3,(H,23,25);(H,3,4)(H,5,6). The van der Waals surface area contributed by atoms with Gasteiger partial charge in [0.25, 0.3) is 0 Å². The zero-order valence-electron chi connectivity index (χ0n) is 17.2. The first-order chi connectivity index (χ1) is 14.9. The van der Waals surface area contributed by atoms with Crippen molar-refractivity contribution >= 4 is 39.5 Å². The van der Waals surface area contributed by atoms with E-state index in [2.05, 4.69) is 21.2 Å². The second-order valence-corrected chi connectivity index (χ2v) is 7.29. The van der Waals surface area contributed by atoms with Crippen molar-refractivity contribution < 1.29 is 42.5 Å². The van der Waals surface area contributed by atoms with Gasteiger partial charge in [-0.15, -0.1) is 0 Å². The molecule has 0 saturated heterocycles. The molecule has 1 atom stereocenters. The molecule has 2 aromatic carbocycles. The summed E-state index contributed by atoms with van der Waals surface area (Å²) in [6.45, 7) is 2.01. The van der Waals surface area contributed by atoms with E-state index >= 15 is 0 Å². The van der Waals surface area contributed by atoms with Crippen LogP contribution in [0.2, 0.25) is 0 Å². The number of aliphatic carboxylic acids is 2. The average Bonchev–Trinajstić information content (AvgIpc) is 2.74. The van der Waals surface area contributed by atoms with Gasteiger partial charge in [-0.25, -0.2) is 22.8 Å². The van der Waals surface area contributed by atoms with Crippen LogP contribution in [0.4, 0.5) is 18.9 Å². The van der Waals surface area contributed by atoms with Gasteiger partial charge in [0.05, 0.1) is 18.8 Å². The number of nitrogens with one attached hydrogen (secondary N) is 1. The Morgan fingerprint density at radius 2 is 1.69 bits per heavy atom. The number of carboxylic acid groups (broad SMARTS) is 2. The zero-order chi connectivity index (χ0) is 24.6. The van der Waals surface area contributed by atoms with Crippen LogP contribution >= 0.6 is 15.9 Å². The number of halogens is 4. The van der Waals surface area contributed by atoms with Crippen LogP contribution in [0.25, 0.3) is 0 Å². The summed E-state index contributed by atoms with van der Waals surface area (Å²) < 4.78 is 46.1. The Labute approximate surface area is 189 Å². The molecule has 0 saturated carbocycles. The van der Waals surface area contributed by atoms with Crippen molar-refractivity contribution in [2.45, 2.75) is 19.5 Å². The molecule has 2 aromatic rings. The average molecular weight is 521 g/mol. The van der Waals surface area contributed by atoms with Gasteiger partial charge in [0.1, 0.15) is 5.75 Å². The molecule has 0 bridgehead atoms. The molecule has 0 heterocycles. The van der Waals surface area contributed by atoms with E-state index in [1.54, 1.807) is 32.0 Å². The van der Waals surface area contributed by atoms with E-state index in [-0.39, 0.29) is 0 Å². The Hall–Kier alpha value is -3.12. The number of ether oxygens (including phenoxy) is 1. The molecule has 32 heavy (non-hydrogen) atoms. The minimum Gasteiger partial charge on any atom is -0.496 e. The summed E-state index contributed by atoms with van der Waals surface area (Å²) in [6.07, 6.45) is 0. The lowest BCUT2D eigenvalue weighted by atomic mass is 10.1. The number of carbonyl (C=O) groups excluding carboxylic acids is 1. The molecule has 3 N–H and O–H groups in total. The molecule has 8 nitrogen and oxygen atoms in total. The Bertz CT molecular complexity index is 994. The van der Waals surface area contributed by atoms with Gasteiger partial charge in [0.15, 0.2) is 17.5 Å². The first-order valence-corrected chi connectivity index (χ1v) is 9.61. The largest absolute Gasteiger partial charge is 0.496 e. The van der Waals surface area contributed by atoms with E-state index in [1.807, 2.05) is 12.1 Å². The number of carboxylic acids is 2. The van der Waals surface area contributed by atoms with Crippen molar-refractivity contribution in [2.24, 2.45) is 0 Å². The maximum absolute atomic E-state index is 13.7. The van der Waals surface area contributed by atoms with Crippen LogP contribution in [0.3, 0.4) is 0 Å². The Morgan fingerprint density at radius 3 is 2.22 bits per heavy atom. The third-order valence-corrected chi connectivity index (χ3v) is 4.67. The summed E-state index contributed by atoms with van der Waals surface area (Å²) in [7, 11) is 3.26. The molecule has 0 aromatic heterocycles. The quantitative estimate of drug-likeness (QED) is 0.394. The van der Waals surface area contributed by atoms with Gasteiger partial charge < -0.3 is 20.3 Å². The predicted octanol–water partition coefficient (Wildman–Crippen LogP) is 3.49. The maximum Gasteiger partial charge on any atom is 0.414 e. The molecule has 0 aliphatic carbocycles. The minimum atomic E-state index is -1.82. The fourth-order valence-corrected chi connectivity index (χ4v) is 2.74. The Morgan fingerprint density at radius 1 is 1.09 bits per heavy atom. The number of anilines is 1. The highest BCUT2D eigenvalue weighted by molar-refractivity contribution is 9.10. The number of benzene rings is 2. The highest BCUT2D eigenvalue weighted by Crippen LogP contribution is 2.25. The Balaban J connectivity index is 0.000000751. The van der Waals surface area contributed by atoms with Crippen molar-refractivity contribution in [3.05, 3.63) is 57.8 Å².